The molecule has 0 aliphatic heterocycles. The number of aromatic hydroxyl groups is 1. The second-order valence-electron chi connectivity index (χ2n) is 4.28. The van der Waals surface area contributed by atoms with Gasteiger partial charge in [0.2, 0.25) is 0 Å². The van der Waals surface area contributed by atoms with Gasteiger partial charge in [-0.05, 0) is 19.4 Å². The van der Waals surface area contributed by atoms with Gasteiger partial charge in [-0.25, -0.2) is 4.39 Å². The molecule has 0 bridgehead atoms. The minimum Gasteiger partial charge on any atom is -0.508 e. The van der Waals surface area contributed by atoms with Gasteiger partial charge >= 0.3 is 0 Å². The molecule has 0 aliphatic carbocycles. The molecule has 2 unspecified atom stereocenters. The topological polar surface area (TPSA) is 52.5 Å². The summed E-state index contributed by atoms with van der Waals surface area (Å²) in [5.41, 5.74) is 0.492. The highest BCUT2D eigenvalue weighted by Gasteiger charge is 2.12. The van der Waals surface area contributed by atoms with E-state index in [0.717, 1.165) is 18.9 Å². The van der Waals surface area contributed by atoms with Crippen LogP contribution in [0.1, 0.15) is 38.3 Å². The first-order chi connectivity index (χ1) is 8.04. The highest BCUT2D eigenvalue weighted by Crippen LogP contribution is 2.20. The number of benzene rings is 1. The molecule has 0 saturated heterocycles. The number of rotatable bonds is 6. The number of phenolic OH excluding ortho intramolecular Hbond substituents is 1. The third-order valence-electron chi connectivity index (χ3n) is 2.73. The summed E-state index contributed by atoms with van der Waals surface area (Å²) in [6, 6.07) is 3.91. The highest BCUT2D eigenvalue weighted by atomic mass is 19.1. The lowest BCUT2D eigenvalue weighted by atomic mass is 10.1. The molecule has 4 heteroatoms. The first kappa shape index (κ1) is 13.9. The Hall–Kier alpha value is -1.13. The Kier molecular flexibility index (Phi) is 5.38. The molecule has 0 saturated carbocycles. The van der Waals surface area contributed by atoms with Gasteiger partial charge in [0, 0.05) is 24.2 Å². The van der Waals surface area contributed by atoms with E-state index in [-0.39, 0.29) is 11.8 Å². The van der Waals surface area contributed by atoms with Crippen LogP contribution < -0.4 is 5.32 Å². The van der Waals surface area contributed by atoms with E-state index < -0.39 is 11.9 Å². The maximum Gasteiger partial charge on any atom is 0.131 e. The van der Waals surface area contributed by atoms with Gasteiger partial charge in [-0.2, -0.15) is 0 Å². The number of aliphatic hydroxyl groups excluding tert-OH is 1. The summed E-state index contributed by atoms with van der Waals surface area (Å²) in [4.78, 5) is 0. The van der Waals surface area contributed by atoms with E-state index in [1.54, 1.807) is 6.07 Å². The van der Waals surface area contributed by atoms with Crippen molar-refractivity contribution in [1.82, 2.24) is 5.32 Å². The molecule has 3 N–H and O–H groups in total. The molecular formula is C13H20FNO2. The van der Waals surface area contributed by atoms with Crippen molar-refractivity contribution in [3.63, 3.8) is 0 Å². The average Bonchev–Trinajstić information content (AvgIpc) is 2.26. The van der Waals surface area contributed by atoms with Crippen LogP contribution in [0.2, 0.25) is 0 Å². The van der Waals surface area contributed by atoms with Gasteiger partial charge in [-0.3, -0.25) is 0 Å². The molecule has 0 heterocycles. The third kappa shape index (κ3) is 4.32. The summed E-state index contributed by atoms with van der Waals surface area (Å²) in [6.07, 6.45) is 1.25. The number of hydrogen-bond acceptors (Lipinski definition) is 3. The molecule has 0 amide bonds. The summed E-state index contributed by atoms with van der Waals surface area (Å²) in [6.45, 7) is 4.27. The van der Waals surface area contributed by atoms with Gasteiger partial charge in [0.05, 0.1) is 6.10 Å². The summed E-state index contributed by atoms with van der Waals surface area (Å²) in [5, 5.41) is 21.7. The van der Waals surface area contributed by atoms with Crippen molar-refractivity contribution in [2.45, 2.75) is 38.8 Å². The first-order valence-corrected chi connectivity index (χ1v) is 5.94. The van der Waals surface area contributed by atoms with Gasteiger partial charge in [0.15, 0.2) is 0 Å². The summed E-state index contributed by atoms with van der Waals surface area (Å²) in [5.74, 6) is -0.514. The normalized spacial score (nSPS) is 14.6. The number of nitrogens with one attached hydrogen (secondary N) is 1. The lowest BCUT2D eigenvalue weighted by Crippen LogP contribution is -2.29. The molecule has 0 aromatic heterocycles. The van der Waals surface area contributed by atoms with Gasteiger partial charge in [0.1, 0.15) is 11.6 Å². The van der Waals surface area contributed by atoms with Crippen LogP contribution in [-0.4, -0.2) is 22.9 Å². The van der Waals surface area contributed by atoms with Crippen LogP contribution in [0.3, 0.4) is 0 Å². The Morgan fingerprint density at radius 3 is 2.71 bits per heavy atom. The fraction of sp³-hybridized carbons (Fsp3) is 0.538. The van der Waals surface area contributed by atoms with Gasteiger partial charge < -0.3 is 15.5 Å². The van der Waals surface area contributed by atoms with Crippen molar-refractivity contribution in [3.05, 3.63) is 29.6 Å². The number of aliphatic hydroxyl groups is 1. The van der Waals surface area contributed by atoms with Gasteiger partial charge in [-0.1, -0.05) is 19.4 Å². The van der Waals surface area contributed by atoms with Crippen molar-refractivity contribution in [3.8, 4) is 5.75 Å². The molecule has 0 aliphatic rings. The predicted molar refractivity (Wildman–Crippen MR) is 65.4 cm³/mol. The van der Waals surface area contributed by atoms with E-state index in [1.165, 1.54) is 6.07 Å². The predicted octanol–water partition coefficient (Wildman–Crippen LogP) is 2.34. The molecule has 96 valence electrons. The van der Waals surface area contributed by atoms with Crippen molar-refractivity contribution >= 4 is 0 Å². The minimum atomic E-state index is -0.435. The van der Waals surface area contributed by atoms with E-state index >= 15 is 0 Å². The smallest absolute Gasteiger partial charge is 0.131 e. The van der Waals surface area contributed by atoms with Crippen LogP contribution in [-0.2, 0) is 0 Å². The van der Waals surface area contributed by atoms with Crippen molar-refractivity contribution in [2.75, 3.05) is 6.54 Å². The molecule has 0 spiro atoms. The fourth-order valence-electron chi connectivity index (χ4n) is 1.73. The number of hydrogen-bond donors (Lipinski definition) is 3. The zero-order valence-corrected chi connectivity index (χ0v) is 10.3. The molecule has 1 rings (SSSR count). The summed E-state index contributed by atoms with van der Waals surface area (Å²) >= 11 is 0. The summed E-state index contributed by atoms with van der Waals surface area (Å²) < 4.78 is 13.5. The zero-order valence-electron chi connectivity index (χ0n) is 10.3. The SMILES string of the molecule is CCCC(O)CNC(C)c1ccc(O)cc1F. The molecule has 3 nitrogen and oxygen atoms in total. The van der Waals surface area contributed by atoms with Gasteiger partial charge in [-0.15, -0.1) is 0 Å². The second-order valence-corrected chi connectivity index (χ2v) is 4.28. The van der Waals surface area contributed by atoms with Crippen LogP contribution in [0.25, 0.3) is 0 Å². The molecule has 17 heavy (non-hydrogen) atoms. The Morgan fingerprint density at radius 1 is 1.41 bits per heavy atom. The van der Waals surface area contributed by atoms with E-state index in [1.807, 2.05) is 13.8 Å². The third-order valence-corrected chi connectivity index (χ3v) is 2.73. The van der Waals surface area contributed by atoms with Crippen molar-refractivity contribution in [1.29, 1.82) is 0 Å². The minimum absolute atomic E-state index is 0.0792. The van der Waals surface area contributed by atoms with Gasteiger partial charge in [0.25, 0.3) is 0 Å². The van der Waals surface area contributed by atoms with Crippen LogP contribution >= 0.6 is 0 Å². The van der Waals surface area contributed by atoms with Crippen molar-refractivity contribution in [2.24, 2.45) is 0 Å². The maximum atomic E-state index is 13.5. The molecule has 1 aromatic rings. The van der Waals surface area contributed by atoms with E-state index in [9.17, 15) is 9.50 Å². The zero-order chi connectivity index (χ0) is 12.8. The van der Waals surface area contributed by atoms with E-state index in [2.05, 4.69) is 5.32 Å². The molecular weight excluding hydrogens is 221 g/mol. The lowest BCUT2D eigenvalue weighted by molar-refractivity contribution is 0.157. The quantitative estimate of drug-likeness (QED) is 0.716. The molecule has 0 radical (unpaired) electrons. The van der Waals surface area contributed by atoms with Crippen LogP contribution in [0, 0.1) is 5.82 Å². The Labute approximate surface area is 101 Å². The summed E-state index contributed by atoms with van der Waals surface area (Å²) in [7, 11) is 0. The average molecular weight is 241 g/mol. The van der Waals surface area contributed by atoms with Crippen molar-refractivity contribution < 1.29 is 14.6 Å². The van der Waals surface area contributed by atoms with Crippen LogP contribution in [0.5, 0.6) is 5.75 Å². The standard InChI is InChI=1S/C13H20FNO2/c1-3-4-11(17)8-15-9(2)12-6-5-10(16)7-13(12)14/h5-7,9,11,15-17H,3-4,8H2,1-2H3. The molecule has 0 fully saturated rings. The Bertz CT molecular complexity index is 357. The van der Waals surface area contributed by atoms with E-state index in [0.29, 0.717) is 12.1 Å². The monoisotopic (exact) mass is 241 g/mol. The lowest BCUT2D eigenvalue weighted by Gasteiger charge is -2.17. The van der Waals surface area contributed by atoms with Crippen LogP contribution in [0.4, 0.5) is 4.39 Å². The number of phenols is 1. The molecule has 2 atom stereocenters. The largest absolute Gasteiger partial charge is 0.508 e. The Morgan fingerprint density at radius 2 is 2.12 bits per heavy atom. The van der Waals surface area contributed by atoms with Crippen LogP contribution in [0.15, 0.2) is 18.2 Å². The van der Waals surface area contributed by atoms with E-state index in [4.69, 9.17) is 5.11 Å². The number of halogens is 1. The first-order valence-electron chi connectivity index (χ1n) is 5.94. The molecule has 1 aromatic carbocycles. The maximum absolute atomic E-state index is 13.5. The fourth-order valence-corrected chi connectivity index (χ4v) is 1.73. The second kappa shape index (κ2) is 6.57. The highest BCUT2D eigenvalue weighted by molar-refractivity contribution is 5.29. The Balaban J connectivity index is 2.54.